The molecule has 0 heterocycles. The van der Waals surface area contributed by atoms with Gasteiger partial charge in [0.25, 0.3) is 5.91 Å². The highest BCUT2D eigenvalue weighted by atomic mass is 35.5. The Morgan fingerprint density at radius 1 is 1.30 bits per heavy atom. The van der Waals surface area contributed by atoms with Gasteiger partial charge in [-0.3, -0.25) is 10.2 Å². The molecule has 1 atom stereocenters. The molecule has 1 aromatic rings. The van der Waals surface area contributed by atoms with Crippen molar-refractivity contribution in [1.29, 1.82) is 0 Å². The molecular formula is C12H14Cl2N2O4. The fraction of sp³-hybridized carbons (Fsp3) is 0.333. The van der Waals surface area contributed by atoms with Crippen molar-refractivity contribution in [1.82, 2.24) is 10.9 Å². The van der Waals surface area contributed by atoms with Crippen LogP contribution in [0.2, 0.25) is 10.0 Å². The van der Waals surface area contributed by atoms with E-state index in [0.717, 1.165) is 0 Å². The summed E-state index contributed by atoms with van der Waals surface area (Å²) < 4.78 is 9.94. The first-order chi connectivity index (χ1) is 9.43. The third kappa shape index (κ3) is 5.14. The van der Waals surface area contributed by atoms with Gasteiger partial charge in [0.15, 0.2) is 6.10 Å². The Bertz CT molecular complexity index is 496. The summed E-state index contributed by atoms with van der Waals surface area (Å²) in [7, 11) is 0. The molecular weight excluding hydrogens is 307 g/mol. The number of carbonyl (C=O) groups excluding carboxylic acids is 2. The maximum absolute atomic E-state index is 11.7. The van der Waals surface area contributed by atoms with Gasteiger partial charge in [-0.25, -0.2) is 10.2 Å². The van der Waals surface area contributed by atoms with Crippen LogP contribution in [0.25, 0.3) is 0 Å². The Hall–Kier alpha value is -1.66. The first-order valence-electron chi connectivity index (χ1n) is 5.78. The average Bonchev–Trinajstić information content (AvgIpc) is 2.39. The number of rotatable bonds is 4. The molecule has 6 nitrogen and oxygen atoms in total. The predicted molar refractivity (Wildman–Crippen MR) is 74.9 cm³/mol. The van der Waals surface area contributed by atoms with Gasteiger partial charge in [-0.1, -0.05) is 23.2 Å². The topological polar surface area (TPSA) is 76.7 Å². The third-order valence-electron chi connectivity index (χ3n) is 2.13. The Kier molecular flexibility index (Phi) is 6.41. The predicted octanol–water partition coefficient (Wildman–Crippen LogP) is 2.54. The molecule has 0 saturated carbocycles. The molecule has 0 aliphatic rings. The summed E-state index contributed by atoms with van der Waals surface area (Å²) in [5, 5.41) is 0.749. The fourth-order valence-electron chi connectivity index (χ4n) is 1.20. The minimum atomic E-state index is -0.865. The van der Waals surface area contributed by atoms with Gasteiger partial charge in [-0.2, -0.15) is 0 Å². The average molecular weight is 321 g/mol. The fourth-order valence-corrected chi connectivity index (χ4v) is 1.65. The van der Waals surface area contributed by atoms with Gasteiger partial charge in [-0.05, 0) is 32.0 Å². The lowest BCUT2D eigenvalue weighted by Crippen LogP contribution is -2.47. The maximum Gasteiger partial charge on any atom is 0.426 e. The minimum absolute atomic E-state index is 0.203. The molecule has 0 aliphatic carbocycles. The van der Waals surface area contributed by atoms with Crippen LogP contribution in [-0.2, 0) is 9.53 Å². The van der Waals surface area contributed by atoms with Gasteiger partial charge in [0.2, 0.25) is 0 Å². The van der Waals surface area contributed by atoms with E-state index in [1.165, 1.54) is 13.0 Å². The zero-order valence-corrected chi connectivity index (χ0v) is 12.4. The zero-order valence-electron chi connectivity index (χ0n) is 10.9. The van der Waals surface area contributed by atoms with Crippen molar-refractivity contribution in [2.45, 2.75) is 20.0 Å². The Balaban J connectivity index is 2.51. The minimum Gasteiger partial charge on any atom is -0.479 e. The number of amides is 2. The highest BCUT2D eigenvalue weighted by Crippen LogP contribution is 2.28. The number of hydrogen-bond donors (Lipinski definition) is 2. The van der Waals surface area contributed by atoms with Crippen LogP contribution < -0.4 is 15.6 Å². The molecule has 0 fully saturated rings. The molecule has 1 aromatic carbocycles. The standard InChI is InChI=1S/C12H14Cl2N2O4/c1-3-19-12(18)16-15-11(17)7(2)20-10-5-4-8(13)6-9(10)14/h4-7H,3H2,1-2H3,(H,15,17)(H,16,18). The van der Waals surface area contributed by atoms with Gasteiger partial charge >= 0.3 is 6.09 Å². The first kappa shape index (κ1) is 16.4. The highest BCUT2D eigenvalue weighted by Gasteiger charge is 2.17. The molecule has 0 spiro atoms. The van der Waals surface area contributed by atoms with E-state index in [4.69, 9.17) is 27.9 Å². The second-order valence-corrected chi connectivity index (χ2v) is 4.51. The molecule has 0 aliphatic heterocycles. The van der Waals surface area contributed by atoms with Crippen LogP contribution in [0.4, 0.5) is 4.79 Å². The molecule has 0 aromatic heterocycles. The van der Waals surface area contributed by atoms with E-state index in [0.29, 0.717) is 10.8 Å². The lowest BCUT2D eigenvalue weighted by molar-refractivity contribution is -0.128. The second-order valence-electron chi connectivity index (χ2n) is 3.67. The largest absolute Gasteiger partial charge is 0.479 e. The molecule has 110 valence electrons. The number of hydrazine groups is 1. The normalized spacial score (nSPS) is 11.4. The SMILES string of the molecule is CCOC(=O)NNC(=O)C(C)Oc1ccc(Cl)cc1Cl. The molecule has 2 amide bonds. The Morgan fingerprint density at radius 2 is 2.00 bits per heavy atom. The van der Waals surface area contributed by atoms with Crippen LogP contribution in [0.1, 0.15) is 13.8 Å². The molecule has 20 heavy (non-hydrogen) atoms. The number of ether oxygens (including phenoxy) is 2. The number of halogens is 2. The number of nitrogens with one attached hydrogen (secondary N) is 2. The summed E-state index contributed by atoms with van der Waals surface area (Å²) in [4.78, 5) is 22.7. The van der Waals surface area contributed by atoms with Gasteiger partial charge in [-0.15, -0.1) is 0 Å². The first-order valence-corrected chi connectivity index (χ1v) is 6.54. The van der Waals surface area contributed by atoms with Gasteiger partial charge < -0.3 is 9.47 Å². The van der Waals surface area contributed by atoms with Crippen LogP contribution in [-0.4, -0.2) is 24.7 Å². The van der Waals surface area contributed by atoms with Crippen LogP contribution in [0, 0.1) is 0 Å². The van der Waals surface area contributed by atoms with E-state index in [9.17, 15) is 9.59 Å². The van der Waals surface area contributed by atoms with Gasteiger partial charge in [0.05, 0.1) is 11.6 Å². The lowest BCUT2D eigenvalue weighted by Gasteiger charge is -2.15. The van der Waals surface area contributed by atoms with E-state index < -0.39 is 18.1 Å². The van der Waals surface area contributed by atoms with E-state index in [-0.39, 0.29) is 11.6 Å². The Morgan fingerprint density at radius 3 is 2.60 bits per heavy atom. The van der Waals surface area contributed by atoms with E-state index in [1.54, 1.807) is 19.1 Å². The zero-order chi connectivity index (χ0) is 15.1. The van der Waals surface area contributed by atoms with Crippen molar-refractivity contribution >= 4 is 35.2 Å². The van der Waals surface area contributed by atoms with Crippen molar-refractivity contribution in [3.63, 3.8) is 0 Å². The van der Waals surface area contributed by atoms with Crippen molar-refractivity contribution < 1.29 is 19.1 Å². The third-order valence-corrected chi connectivity index (χ3v) is 2.66. The van der Waals surface area contributed by atoms with Crippen molar-refractivity contribution in [3.05, 3.63) is 28.2 Å². The molecule has 8 heteroatoms. The molecule has 0 bridgehead atoms. The van der Waals surface area contributed by atoms with Crippen LogP contribution in [0.3, 0.4) is 0 Å². The molecule has 1 unspecified atom stereocenters. The van der Waals surface area contributed by atoms with E-state index in [2.05, 4.69) is 15.6 Å². The summed E-state index contributed by atoms with van der Waals surface area (Å²) >= 11 is 11.7. The van der Waals surface area contributed by atoms with Crippen LogP contribution in [0.5, 0.6) is 5.75 Å². The molecule has 1 rings (SSSR count). The Labute approximate surface area is 126 Å². The van der Waals surface area contributed by atoms with Crippen molar-refractivity contribution in [2.24, 2.45) is 0 Å². The van der Waals surface area contributed by atoms with Gasteiger partial charge in [0, 0.05) is 5.02 Å². The van der Waals surface area contributed by atoms with Crippen LogP contribution in [0.15, 0.2) is 18.2 Å². The lowest BCUT2D eigenvalue weighted by atomic mass is 10.3. The summed E-state index contributed by atoms with van der Waals surface area (Å²) in [5.74, 6) is -0.237. The van der Waals surface area contributed by atoms with E-state index >= 15 is 0 Å². The second kappa shape index (κ2) is 7.81. The molecule has 0 saturated heterocycles. The number of carbonyl (C=O) groups is 2. The summed E-state index contributed by atoms with van der Waals surface area (Å²) in [6.07, 6.45) is -1.62. The smallest absolute Gasteiger partial charge is 0.426 e. The van der Waals surface area contributed by atoms with E-state index in [1.807, 2.05) is 0 Å². The molecule has 2 N–H and O–H groups in total. The quantitative estimate of drug-likeness (QED) is 0.836. The maximum atomic E-state index is 11.7. The monoisotopic (exact) mass is 320 g/mol. The summed E-state index contributed by atoms with van der Waals surface area (Å²) in [6, 6.07) is 4.64. The summed E-state index contributed by atoms with van der Waals surface area (Å²) in [6.45, 7) is 3.36. The van der Waals surface area contributed by atoms with Crippen molar-refractivity contribution in [3.8, 4) is 5.75 Å². The van der Waals surface area contributed by atoms with Crippen LogP contribution >= 0.6 is 23.2 Å². The highest BCUT2D eigenvalue weighted by molar-refractivity contribution is 6.35. The number of hydrogen-bond acceptors (Lipinski definition) is 4. The van der Waals surface area contributed by atoms with Crippen molar-refractivity contribution in [2.75, 3.05) is 6.61 Å². The number of benzene rings is 1. The van der Waals surface area contributed by atoms with Gasteiger partial charge in [0.1, 0.15) is 5.75 Å². The molecule has 0 radical (unpaired) electrons. The summed E-state index contributed by atoms with van der Waals surface area (Å²) in [5.41, 5.74) is 4.24.